The minimum atomic E-state index is -0.918. The van der Waals surface area contributed by atoms with E-state index in [2.05, 4.69) is 21.2 Å². The molecule has 5 nitrogen and oxygen atoms in total. The van der Waals surface area contributed by atoms with Gasteiger partial charge in [-0.3, -0.25) is 4.79 Å². The summed E-state index contributed by atoms with van der Waals surface area (Å²) in [4.78, 5) is 26.4. The lowest BCUT2D eigenvalue weighted by molar-refractivity contribution is -0.140. The van der Waals surface area contributed by atoms with Gasteiger partial charge in [-0.15, -0.1) is 0 Å². The van der Waals surface area contributed by atoms with Crippen molar-refractivity contribution >= 4 is 51.1 Å². The van der Waals surface area contributed by atoms with Gasteiger partial charge in [0.1, 0.15) is 0 Å². The van der Waals surface area contributed by atoms with Gasteiger partial charge in [-0.1, -0.05) is 87.7 Å². The van der Waals surface area contributed by atoms with Crippen molar-refractivity contribution in [2.45, 2.75) is 18.9 Å². The maximum atomic E-state index is 12.7. The van der Waals surface area contributed by atoms with Crippen LogP contribution in [0.4, 0.5) is 4.79 Å². The molecule has 3 aromatic rings. The van der Waals surface area contributed by atoms with Crippen molar-refractivity contribution < 1.29 is 14.7 Å². The Kier molecular flexibility index (Phi) is 7.81. The molecule has 1 saturated heterocycles. The van der Waals surface area contributed by atoms with Crippen LogP contribution in [0.5, 0.6) is 0 Å². The number of rotatable bonds is 7. The maximum Gasteiger partial charge on any atom is 0.317 e. The fourth-order valence-electron chi connectivity index (χ4n) is 4.34. The molecular weight excluding hydrogens is 539 g/mol. The predicted octanol–water partition coefficient (Wildman–Crippen LogP) is 6.36. The molecule has 0 spiro atoms. The number of nitrogens with zero attached hydrogens (tertiary/aromatic N) is 1. The zero-order valence-electron chi connectivity index (χ0n) is 18.2. The second-order valence-electron chi connectivity index (χ2n) is 8.36. The zero-order valence-corrected chi connectivity index (χ0v) is 21.3. The number of aliphatic carboxylic acids is 1. The first kappa shape index (κ1) is 24.6. The van der Waals surface area contributed by atoms with Gasteiger partial charge >= 0.3 is 12.0 Å². The van der Waals surface area contributed by atoms with Crippen LogP contribution in [0.15, 0.2) is 71.2 Å². The van der Waals surface area contributed by atoms with Gasteiger partial charge in [-0.25, -0.2) is 4.79 Å². The molecular formula is C26H23BrCl2N2O3. The van der Waals surface area contributed by atoms with Crippen molar-refractivity contribution in [2.24, 2.45) is 5.92 Å². The lowest BCUT2D eigenvalue weighted by atomic mass is 9.84. The molecule has 2 atom stereocenters. The number of hydrogen-bond donors (Lipinski definition) is 2. The van der Waals surface area contributed by atoms with Crippen LogP contribution >= 0.6 is 39.1 Å². The largest absolute Gasteiger partial charge is 0.481 e. The molecule has 1 aliphatic rings. The molecule has 8 heteroatoms. The minimum absolute atomic E-state index is 0.244. The van der Waals surface area contributed by atoms with Crippen LogP contribution in [-0.4, -0.2) is 35.1 Å². The lowest BCUT2D eigenvalue weighted by Gasteiger charge is -2.36. The van der Waals surface area contributed by atoms with E-state index >= 15 is 0 Å². The van der Waals surface area contributed by atoms with Crippen molar-refractivity contribution in [3.63, 3.8) is 0 Å². The predicted molar refractivity (Wildman–Crippen MR) is 138 cm³/mol. The Morgan fingerprint density at radius 3 is 2.47 bits per heavy atom. The molecule has 4 rings (SSSR count). The first-order valence-electron chi connectivity index (χ1n) is 10.8. The highest BCUT2D eigenvalue weighted by Gasteiger charge is 2.36. The Bertz CT molecular complexity index is 1190. The Morgan fingerprint density at radius 2 is 1.79 bits per heavy atom. The summed E-state index contributed by atoms with van der Waals surface area (Å²) in [6.07, 6.45) is 0.575. The number of halogens is 3. The fraction of sp³-hybridized carbons (Fsp3) is 0.231. The van der Waals surface area contributed by atoms with Gasteiger partial charge < -0.3 is 15.3 Å². The number of carboxylic acid groups (broad SMARTS) is 1. The SMILES string of the molecule is O=C(O)C(c1ccc(Br)cc1)C1CNC(=O)N(Cc2ccc(Cl)c(Cc3ccccc3)c2Cl)C1. The molecule has 1 aliphatic heterocycles. The summed E-state index contributed by atoms with van der Waals surface area (Å²) in [7, 11) is 0. The summed E-state index contributed by atoms with van der Waals surface area (Å²) in [6, 6.07) is 20.5. The highest BCUT2D eigenvalue weighted by Crippen LogP contribution is 2.33. The summed E-state index contributed by atoms with van der Waals surface area (Å²) >= 11 is 16.6. The van der Waals surface area contributed by atoms with E-state index in [1.165, 1.54) is 0 Å². The number of amides is 2. The molecule has 2 amide bonds. The second-order valence-corrected chi connectivity index (χ2v) is 10.1. The number of nitrogens with one attached hydrogen (secondary N) is 1. The second kappa shape index (κ2) is 10.8. The highest BCUT2D eigenvalue weighted by molar-refractivity contribution is 9.10. The smallest absolute Gasteiger partial charge is 0.317 e. The molecule has 0 saturated carbocycles. The van der Waals surface area contributed by atoms with Gasteiger partial charge in [-0.2, -0.15) is 0 Å². The van der Waals surface area contributed by atoms with E-state index in [0.717, 1.165) is 21.2 Å². The lowest BCUT2D eigenvalue weighted by Crippen LogP contribution is -2.52. The molecule has 0 radical (unpaired) electrons. The first-order chi connectivity index (χ1) is 16.3. The van der Waals surface area contributed by atoms with Crippen LogP contribution in [0.1, 0.15) is 28.2 Å². The third-order valence-electron chi connectivity index (χ3n) is 6.08. The molecule has 1 heterocycles. The maximum absolute atomic E-state index is 12.7. The van der Waals surface area contributed by atoms with E-state index < -0.39 is 11.9 Å². The number of carbonyl (C=O) groups excluding carboxylic acids is 1. The quantitative estimate of drug-likeness (QED) is 0.353. The third kappa shape index (κ3) is 5.57. The average Bonchev–Trinajstić information content (AvgIpc) is 2.82. The monoisotopic (exact) mass is 560 g/mol. The molecule has 1 fully saturated rings. The normalized spacial score (nSPS) is 16.7. The Labute approximate surface area is 216 Å². The van der Waals surface area contributed by atoms with Gasteiger partial charge in [0.15, 0.2) is 0 Å². The molecule has 2 unspecified atom stereocenters. The topological polar surface area (TPSA) is 69.6 Å². The van der Waals surface area contributed by atoms with Crippen molar-refractivity contribution in [1.82, 2.24) is 10.2 Å². The third-order valence-corrected chi connectivity index (χ3v) is 7.43. The standard InChI is InChI=1S/C26H23BrCl2N2O3/c27-20-9-6-17(7-10-20)23(25(32)33)19-13-30-26(34)31(15-19)14-18-8-11-22(28)21(24(18)29)12-16-4-2-1-3-5-16/h1-11,19,23H,12-15H2,(H,30,34)(H,32,33). The van der Waals surface area contributed by atoms with Crippen LogP contribution in [-0.2, 0) is 17.8 Å². The summed E-state index contributed by atoms with van der Waals surface area (Å²) < 4.78 is 0.877. The van der Waals surface area contributed by atoms with Crippen LogP contribution < -0.4 is 5.32 Å². The number of benzene rings is 3. The van der Waals surface area contributed by atoms with Crippen LogP contribution in [0.2, 0.25) is 10.0 Å². The summed E-state index contributed by atoms with van der Waals surface area (Å²) in [6.45, 7) is 0.842. The molecule has 2 N–H and O–H groups in total. The highest BCUT2D eigenvalue weighted by atomic mass is 79.9. The van der Waals surface area contributed by atoms with E-state index in [0.29, 0.717) is 28.6 Å². The van der Waals surface area contributed by atoms with Gasteiger partial charge in [0.2, 0.25) is 0 Å². The number of hydrogen-bond acceptors (Lipinski definition) is 2. The van der Waals surface area contributed by atoms with Gasteiger partial charge in [0.25, 0.3) is 0 Å². The van der Waals surface area contributed by atoms with E-state index in [4.69, 9.17) is 23.2 Å². The Morgan fingerprint density at radius 1 is 1.09 bits per heavy atom. The van der Waals surface area contributed by atoms with Crippen LogP contribution in [0, 0.1) is 5.92 Å². The van der Waals surface area contributed by atoms with E-state index in [9.17, 15) is 14.7 Å². The van der Waals surface area contributed by atoms with Gasteiger partial charge in [0, 0.05) is 41.5 Å². The number of urea groups is 1. The van der Waals surface area contributed by atoms with Crippen molar-refractivity contribution in [2.75, 3.05) is 13.1 Å². The van der Waals surface area contributed by atoms with Crippen molar-refractivity contribution in [3.05, 3.63) is 104 Å². The molecule has 0 aromatic heterocycles. The Hall–Kier alpha value is -2.54. The van der Waals surface area contributed by atoms with Crippen LogP contribution in [0.3, 0.4) is 0 Å². The fourth-order valence-corrected chi connectivity index (χ4v) is 5.17. The molecule has 176 valence electrons. The van der Waals surface area contributed by atoms with Gasteiger partial charge in [-0.05, 0) is 40.5 Å². The van der Waals surface area contributed by atoms with E-state index in [1.807, 2.05) is 48.5 Å². The average molecular weight is 562 g/mol. The van der Waals surface area contributed by atoms with E-state index in [-0.39, 0.29) is 25.0 Å². The first-order valence-corrected chi connectivity index (χ1v) is 12.4. The minimum Gasteiger partial charge on any atom is -0.481 e. The van der Waals surface area contributed by atoms with Gasteiger partial charge in [0.05, 0.1) is 10.9 Å². The number of carboxylic acids is 1. The molecule has 0 aliphatic carbocycles. The number of carbonyl (C=O) groups is 2. The van der Waals surface area contributed by atoms with E-state index in [1.54, 1.807) is 23.1 Å². The van der Waals surface area contributed by atoms with Crippen LogP contribution in [0.25, 0.3) is 0 Å². The summed E-state index contributed by atoms with van der Waals surface area (Å²) in [5, 5.41) is 13.9. The van der Waals surface area contributed by atoms with Crippen molar-refractivity contribution in [1.29, 1.82) is 0 Å². The Balaban J connectivity index is 1.56. The van der Waals surface area contributed by atoms with Crippen molar-refractivity contribution in [3.8, 4) is 0 Å². The molecule has 34 heavy (non-hydrogen) atoms. The zero-order chi connectivity index (χ0) is 24.2. The molecule has 0 bridgehead atoms. The summed E-state index contributed by atoms with van der Waals surface area (Å²) in [5.74, 6) is -1.96. The molecule has 3 aromatic carbocycles. The summed E-state index contributed by atoms with van der Waals surface area (Å²) in [5.41, 5.74) is 3.35.